The first-order valence-corrected chi connectivity index (χ1v) is 7.04. The van der Waals surface area contributed by atoms with E-state index in [2.05, 4.69) is 26.8 Å². The number of aromatic nitrogens is 2. The van der Waals surface area contributed by atoms with Gasteiger partial charge in [-0.15, -0.1) is 11.3 Å². The number of aryl methyl sites for hydroxylation is 1. The van der Waals surface area contributed by atoms with Crippen LogP contribution in [-0.2, 0) is 0 Å². The van der Waals surface area contributed by atoms with Crippen molar-refractivity contribution in [3.63, 3.8) is 0 Å². The van der Waals surface area contributed by atoms with Crippen molar-refractivity contribution in [1.82, 2.24) is 9.97 Å². The highest BCUT2D eigenvalue weighted by Gasteiger charge is 2.14. The molecule has 1 atom stereocenters. The van der Waals surface area contributed by atoms with E-state index in [1.54, 1.807) is 17.6 Å². The fraction of sp³-hybridized carbons (Fsp3) is 0.231. The lowest BCUT2D eigenvalue weighted by atomic mass is 10.2. The second-order valence-corrected chi connectivity index (χ2v) is 5.73. The van der Waals surface area contributed by atoms with E-state index in [0.717, 1.165) is 21.8 Å². The lowest BCUT2D eigenvalue weighted by Gasteiger charge is -2.13. The number of hydrazine groups is 1. The molecule has 0 amide bonds. The summed E-state index contributed by atoms with van der Waals surface area (Å²) in [6.07, 6.45) is 1.66. The zero-order chi connectivity index (χ0) is 14.1. The van der Waals surface area contributed by atoms with Crippen LogP contribution in [-0.4, -0.2) is 9.97 Å². The second kappa shape index (κ2) is 5.10. The molecule has 0 radical (unpaired) electrons. The molecule has 1 unspecified atom stereocenters. The molecule has 0 aromatic carbocycles. The molecule has 0 fully saturated rings. The highest BCUT2D eigenvalue weighted by molar-refractivity contribution is 7.18. The maximum atomic E-state index is 5.43. The van der Waals surface area contributed by atoms with Gasteiger partial charge < -0.3 is 9.73 Å². The largest absolute Gasteiger partial charge is 0.467 e. The summed E-state index contributed by atoms with van der Waals surface area (Å²) < 4.78 is 5.40. The number of rotatable bonds is 4. The SMILES string of the molecule is Cc1cc2c(NC(C)c3ccco3)nc(NN)nc2s1. The maximum absolute atomic E-state index is 5.43. The molecule has 4 N–H and O–H groups in total. The lowest BCUT2D eigenvalue weighted by Crippen LogP contribution is -2.13. The van der Waals surface area contributed by atoms with Crippen LogP contribution in [0.2, 0.25) is 0 Å². The maximum Gasteiger partial charge on any atom is 0.240 e. The molecular weight excluding hydrogens is 274 g/mol. The Morgan fingerprint density at radius 2 is 2.25 bits per heavy atom. The zero-order valence-corrected chi connectivity index (χ0v) is 12.0. The third-order valence-corrected chi connectivity index (χ3v) is 3.91. The first-order valence-electron chi connectivity index (χ1n) is 6.22. The van der Waals surface area contributed by atoms with Crippen LogP contribution < -0.4 is 16.6 Å². The third-order valence-electron chi connectivity index (χ3n) is 2.97. The van der Waals surface area contributed by atoms with E-state index in [4.69, 9.17) is 10.3 Å². The van der Waals surface area contributed by atoms with E-state index < -0.39 is 0 Å². The standard InChI is InChI=1S/C13H15N5OS/c1-7-6-9-11(15-8(2)10-4-3-5-19-10)16-13(18-14)17-12(9)20-7/h3-6,8H,14H2,1-2H3,(H2,15,16,17,18). The molecule has 3 aromatic rings. The Bertz CT molecular complexity index is 722. The number of nitrogens with zero attached hydrogens (tertiary/aromatic N) is 2. The van der Waals surface area contributed by atoms with E-state index in [-0.39, 0.29) is 6.04 Å². The summed E-state index contributed by atoms with van der Waals surface area (Å²) in [5.41, 5.74) is 2.50. The molecule has 0 saturated heterocycles. The Kier molecular flexibility index (Phi) is 3.29. The van der Waals surface area contributed by atoms with E-state index in [9.17, 15) is 0 Å². The monoisotopic (exact) mass is 289 g/mol. The fourth-order valence-corrected chi connectivity index (χ4v) is 2.91. The van der Waals surface area contributed by atoms with Gasteiger partial charge in [-0.3, -0.25) is 5.43 Å². The Balaban J connectivity index is 2.01. The summed E-state index contributed by atoms with van der Waals surface area (Å²) in [4.78, 5) is 10.8. The summed E-state index contributed by atoms with van der Waals surface area (Å²) in [5.74, 6) is 7.42. The van der Waals surface area contributed by atoms with Crippen molar-refractivity contribution in [1.29, 1.82) is 0 Å². The number of anilines is 2. The summed E-state index contributed by atoms with van der Waals surface area (Å²) in [6, 6.07) is 5.87. The molecule has 0 aliphatic heterocycles. The van der Waals surface area contributed by atoms with Crippen molar-refractivity contribution in [3.8, 4) is 0 Å². The molecular formula is C13H15N5OS. The number of hydrogen-bond donors (Lipinski definition) is 3. The van der Waals surface area contributed by atoms with Gasteiger partial charge in [0, 0.05) is 4.88 Å². The van der Waals surface area contributed by atoms with Crippen molar-refractivity contribution in [2.75, 3.05) is 10.7 Å². The van der Waals surface area contributed by atoms with E-state index in [0.29, 0.717) is 5.95 Å². The number of nitrogens with two attached hydrogens (primary N) is 1. The summed E-state index contributed by atoms with van der Waals surface area (Å²) >= 11 is 1.61. The van der Waals surface area contributed by atoms with Gasteiger partial charge in [-0.1, -0.05) is 0 Å². The minimum Gasteiger partial charge on any atom is -0.467 e. The number of hydrogen-bond acceptors (Lipinski definition) is 7. The molecule has 104 valence electrons. The molecule has 7 heteroatoms. The highest BCUT2D eigenvalue weighted by atomic mass is 32.1. The highest BCUT2D eigenvalue weighted by Crippen LogP contribution is 2.31. The first kappa shape index (κ1) is 12.9. The minimum absolute atomic E-state index is 0.00827. The van der Waals surface area contributed by atoms with Gasteiger partial charge >= 0.3 is 0 Å². The minimum atomic E-state index is 0.00827. The van der Waals surface area contributed by atoms with E-state index >= 15 is 0 Å². The fourth-order valence-electron chi connectivity index (χ4n) is 2.03. The average Bonchev–Trinajstić information content (AvgIpc) is 3.06. The molecule has 6 nitrogen and oxygen atoms in total. The van der Waals surface area contributed by atoms with Gasteiger partial charge in [-0.05, 0) is 32.0 Å². The molecule has 0 saturated carbocycles. The van der Waals surface area contributed by atoms with Crippen LogP contribution in [0.4, 0.5) is 11.8 Å². The Labute approximate surface area is 120 Å². The average molecular weight is 289 g/mol. The quantitative estimate of drug-likeness (QED) is 0.505. The molecule has 3 aromatic heterocycles. The van der Waals surface area contributed by atoms with Gasteiger partial charge in [-0.2, -0.15) is 4.98 Å². The van der Waals surface area contributed by atoms with Gasteiger partial charge in [-0.25, -0.2) is 10.8 Å². The van der Waals surface area contributed by atoms with Crippen LogP contribution in [0.25, 0.3) is 10.2 Å². The third kappa shape index (κ3) is 2.33. The van der Waals surface area contributed by atoms with Gasteiger partial charge in [0.25, 0.3) is 0 Å². The predicted octanol–water partition coefficient (Wildman–Crippen LogP) is 3.05. The summed E-state index contributed by atoms with van der Waals surface area (Å²) in [6.45, 7) is 4.06. The van der Waals surface area contributed by atoms with E-state index in [1.807, 2.05) is 26.0 Å². The summed E-state index contributed by atoms with van der Waals surface area (Å²) in [5, 5.41) is 4.33. The molecule has 0 aliphatic carbocycles. The Morgan fingerprint density at radius 1 is 1.40 bits per heavy atom. The Hall–Kier alpha value is -2.12. The first-order chi connectivity index (χ1) is 9.67. The van der Waals surface area contributed by atoms with Crippen LogP contribution in [0.1, 0.15) is 23.6 Å². The number of nitrogens with one attached hydrogen (secondary N) is 2. The second-order valence-electron chi connectivity index (χ2n) is 4.50. The predicted molar refractivity (Wildman–Crippen MR) is 80.7 cm³/mol. The Morgan fingerprint density at radius 3 is 2.95 bits per heavy atom. The van der Waals surface area contributed by atoms with Gasteiger partial charge in [0.1, 0.15) is 16.4 Å². The van der Waals surface area contributed by atoms with Crippen LogP contribution in [0.5, 0.6) is 0 Å². The molecule has 3 heterocycles. The number of fused-ring (bicyclic) bond motifs is 1. The van der Waals surface area contributed by atoms with Crippen molar-refractivity contribution >= 4 is 33.3 Å². The smallest absolute Gasteiger partial charge is 0.240 e. The number of furan rings is 1. The van der Waals surface area contributed by atoms with Crippen LogP contribution in [0.15, 0.2) is 28.9 Å². The van der Waals surface area contributed by atoms with Crippen LogP contribution in [0.3, 0.4) is 0 Å². The molecule has 0 spiro atoms. The van der Waals surface area contributed by atoms with Gasteiger partial charge in [0.2, 0.25) is 5.95 Å². The van der Waals surface area contributed by atoms with Gasteiger partial charge in [0.05, 0.1) is 17.7 Å². The van der Waals surface area contributed by atoms with Crippen molar-refractivity contribution in [2.45, 2.75) is 19.9 Å². The molecule has 0 bridgehead atoms. The van der Waals surface area contributed by atoms with Crippen molar-refractivity contribution in [3.05, 3.63) is 35.1 Å². The molecule has 3 rings (SSSR count). The van der Waals surface area contributed by atoms with Crippen molar-refractivity contribution in [2.24, 2.45) is 5.84 Å². The van der Waals surface area contributed by atoms with Crippen LogP contribution >= 0.6 is 11.3 Å². The summed E-state index contributed by atoms with van der Waals surface area (Å²) in [7, 11) is 0. The number of nitrogen functional groups attached to an aromatic ring is 1. The number of thiophene rings is 1. The van der Waals surface area contributed by atoms with Crippen molar-refractivity contribution < 1.29 is 4.42 Å². The van der Waals surface area contributed by atoms with Crippen LogP contribution in [0, 0.1) is 6.92 Å². The van der Waals surface area contributed by atoms with E-state index in [1.165, 1.54) is 4.88 Å². The zero-order valence-electron chi connectivity index (χ0n) is 11.2. The lowest BCUT2D eigenvalue weighted by molar-refractivity contribution is 0.490. The topological polar surface area (TPSA) is 89.0 Å². The normalized spacial score (nSPS) is 12.6. The molecule has 0 aliphatic rings. The molecule has 20 heavy (non-hydrogen) atoms. The van der Waals surface area contributed by atoms with Gasteiger partial charge in [0.15, 0.2) is 0 Å².